The van der Waals surface area contributed by atoms with Crippen molar-refractivity contribution in [1.82, 2.24) is 9.47 Å². The Hall–Kier alpha value is -2.23. The van der Waals surface area contributed by atoms with Crippen molar-refractivity contribution < 1.29 is 4.79 Å². The molecule has 1 heterocycles. The highest BCUT2D eigenvalue weighted by Gasteiger charge is 2.22. The fraction of sp³-hybridized carbons (Fsp3) is 0.261. The number of amides is 1. The first-order valence-corrected chi connectivity index (χ1v) is 10.1. The third kappa shape index (κ3) is 4.78. The lowest BCUT2D eigenvalue weighted by atomic mass is 10.1. The zero-order chi connectivity index (χ0) is 20.3. The first-order chi connectivity index (χ1) is 13.3. The number of aryl methyl sites for hydroxylation is 1. The Morgan fingerprint density at radius 1 is 1.07 bits per heavy atom. The van der Waals surface area contributed by atoms with Crippen LogP contribution in [0.2, 0.25) is 10.0 Å². The van der Waals surface area contributed by atoms with Crippen molar-refractivity contribution in [3.63, 3.8) is 0 Å². The van der Waals surface area contributed by atoms with Crippen LogP contribution < -0.4 is 0 Å². The van der Waals surface area contributed by atoms with Crippen molar-refractivity contribution in [3.8, 4) is 0 Å². The van der Waals surface area contributed by atoms with Gasteiger partial charge in [-0.3, -0.25) is 4.79 Å². The van der Waals surface area contributed by atoms with E-state index in [1.54, 1.807) is 18.2 Å². The van der Waals surface area contributed by atoms with Crippen molar-refractivity contribution in [1.29, 1.82) is 0 Å². The second-order valence-electron chi connectivity index (χ2n) is 7.27. The Balaban J connectivity index is 1.84. The molecule has 3 aromatic rings. The molecule has 2 aromatic carbocycles. The molecular weight excluding hydrogens is 391 g/mol. The van der Waals surface area contributed by atoms with E-state index >= 15 is 0 Å². The second kappa shape index (κ2) is 8.85. The molecule has 1 aromatic heterocycles. The second-order valence-corrected chi connectivity index (χ2v) is 8.11. The molecule has 0 bridgehead atoms. The number of carbonyl (C=O) groups excluding carboxylic acids is 1. The molecule has 0 saturated heterocycles. The Morgan fingerprint density at radius 3 is 2.54 bits per heavy atom. The quantitative estimate of drug-likeness (QED) is 0.470. The minimum atomic E-state index is -0.0972. The molecule has 0 radical (unpaired) electrons. The molecule has 0 aliphatic carbocycles. The largest absolute Gasteiger partial charge is 0.345 e. The van der Waals surface area contributed by atoms with Gasteiger partial charge in [-0.2, -0.15) is 0 Å². The average molecular weight is 415 g/mol. The van der Waals surface area contributed by atoms with Gasteiger partial charge >= 0.3 is 0 Å². The minimum absolute atomic E-state index is 0.0292. The van der Waals surface area contributed by atoms with Gasteiger partial charge in [-0.05, 0) is 56.7 Å². The number of aromatic nitrogens is 1. The number of nitrogens with zero attached hydrogens (tertiary/aromatic N) is 2. The summed E-state index contributed by atoms with van der Waals surface area (Å²) in [4.78, 5) is 15.0. The molecule has 0 N–H and O–H groups in total. The van der Waals surface area contributed by atoms with Gasteiger partial charge in [-0.25, -0.2) is 0 Å². The van der Waals surface area contributed by atoms with E-state index in [-0.39, 0.29) is 11.9 Å². The molecule has 28 heavy (non-hydrogen) atoms. The van der Waals surface area contributed by atoms with Crippen LogP contribution in [0.25, 0.3) is 0 Å². The van der Waals surface area contributed by atoms with Gasteiger partial charge in [0, 0.05) is 29.5 Å². The summed E-state index contributed by atoms with van der Waals surface area (Å²) in [5, 5.41) is 0.892. The molecule has 0 atom stereocenters. The highest BCUT2D eigenvalue weighted by molar-refractivity contribution is 6.36. The number of carbonyl (C=O) groups is 1. The Morgan fingerprint density at radius 2 is 1.86 bits per heavy atom. The number of rotatable bonds is 6. The maximum Gasteiger partial charge on any atom is 0.255 e. The summed E-state index contributed by atoms with van der Waals surface area (Å²) in [5.74, 6) is -0.0972. The third-order valence-electron chi connectivity index (χ3n) is 4.74. The lowest BCUT2D eigenvalue weighted by Gasteiger charge is -2.28. The maximum absolute atomic E-state index is 13.1. The van der Waals surface area contributed by atoms with Crippen LogP contribution in [0.3, 0.4) is 0 Å². The summed E-state index contributed by atoms with van der Waals surface area (Å²) in [6, 6.07) is 17.6. The van der Waals surface area contributed by atoms with Crippen LogP contribution >= 0.6 is 23.2 Å². The summed E-state index contributed by atoms with van der Waals surface area (Å²) in [6.07, 6.45) is 2.05. The van der Waals surface area contributed by atoms with Gasteiger partial charge in [0.2, 0.25) is 0 Å². The van der Waals surface area contributed by atoms with E-state index < -0.39 is 0 Å². The van der Waals surface area contributed by atoms with Gasteiger partial charge in [-0.1, -0.05) is 53.0 Å². The molecule has 3 nitrogen and oxygen atoms in total. The van der Waals surface area contributed by atoms with E-state index in [4.69, 9.17) is 23.2 Å². The molecule has 0 fully saturated rings. The van der Waals surface area contributed by atoms with E-state index in [9.17, 15) is 4.79 Å². The van der Waals surface area contributed by atoms with Crippen LogP contribution in [-0.2, 0) is 13.1 Å². The van der Waals surface area contributed by atoms with E-state index in [0.29, 0.717) is 22.2 Å². The van der Waals surface area contributed by atoms with Crippen LogP contribution in [0.15, 0.2) is 60.8 Å². The lowest BCUT2D eigenvalue weighted by molar-refractivity contribution is 0.0686. The highest BCUT2D eigenvalue weighted by Crippen LogP contribution is 2.24. The molecule has 0 unspecified atom stereocenters. The number of benzene rings is 2. The molecular formula is C23H24Cl2N2O. The van der Waals surface area contributed by atoms with Crippen LogP contribution in [0.1, 0.15) is 41.0 Å². The van der Waals surface area contributed by atoms with E-state index in [1.807, 2.05) is 24.8 Å². The van der Waals surface area contributed by atoms with E-state index in [1.165, 1.54) is 11.1 Å². The standard InChI is InChI=1S/C23H24Cl2N2O/c1-16(2)27(23(28)21-10-9-19(24)13-22(21)25)15-20-8-5-11-26(20)14-18-7-4-6-17(3)12-18/h4-13,16H,14-15H2,1-3H3. The fourth-order valence-corrected chi connectivity index (χ4v) is 3.72. The average Bonchev–Trinajstić information content (AvgIpc) is 3.05. The highest BCUT2D eigenvalue weighted by atomic mass is 35.5. The number of halogens is 2. The smallest absolute Gasteiger partial charge is 0.255 e. The summed E-state index contributed by atoms with van der Waals surface area (Å²) < 4.78 is 2.18. The van der Waals surface area contributed by atoms with Crippen molar-refractivity contribution in [3.05, 3.63) is 93.2 Å². The van der Waals surface area contributed by atoms with Crippen molar-refractivity contribution in [2.75, 3.05) is 0 Å². The molecule has 0 aliphatic rings. The number of hydrogen-bond acceptors (Lipinski definition) is 1. The SMILES string of the molecule is Cc1cccc(Cn2cccc2CN(C(=O)c2ccc(Cl)cc2Cl)C(C)C)c1. The molecule has 3 rings (SSSR count). The summed E-state index contributed by atoms with van der Waals surface area (Å²) >= 11 is 12.2. The van der Waals surface area contributed by atoms with Gasteiger partial charge in [0.1, 0.15) is 0 Å². The molecule has 146 valence electrons. The fourth-order valence-electron chi connectivity index (χ4n) is 3.24. The van der Waals surface area contributed by atoms with Gasteiger partial charge in [0.25, 0.3) is 5.91 Å². The summed E-state index contributed by atoms with van der Waals surface area (Å²) in [7, 11) is 0. The van der Waals surface area contributed by atoms with E-state index in [2.05, 4.69) is 48.0 Å². The van der Waals surface area contributed by atoms with Crippen LogP contribution in [0.5, 0.6) is 0 Å². The van der Waals surface area contributed by atoms with Crippen LogP contribution in [0.4, 0.5) is 0 Å². The Labute approximate surface area is 176 Å². The van der Waals surface area contributed by atoms with Crippen LogP contribution in [0, 0.1) is 6.92 Å². The molecule has 0 saturated carbocycles. The summed E-state index contributed by atoms with van der Waals surface area (Å²) in [5.41, 5.74) is 4.02. The number of hydrogen-bond donors (Lipinski definition) is 0. The van der Waals surface area contributed by atoms with Gasteiger partial charge in [0.05, 0.1) is 17.1 Å². The van der Waals surface area contributed by atoms with Crippen LogP contribution in [-0.4, -0.2) is 21.4 Å². The first-order valence-electron chi connectivity index (χ1n) is 9.30. The van der Waals surface area contributed by atoms with Gasteiger partial charge in [-0.15, -0.1) is 0 Å². The van der Waals surface area contributed by atoms with Crippen molar-refractivity contribution >= 4 is 29.1 Å². The maximum atomic E-state index is 13.1. The third-order valence-corrected chi connectivity index (χ3v) is 5.28. The predicted molar refractivity (Wildman–Crippen MR) is 116 cm³/mol. The summed E-state index contributed by atoms with van der Waals surface area (Å²) in [6.45, 7) is 7.39. The molecule has 5 heteroatoms. The zero-order valence-corrected chi connectivity index (χ0v) is 17.8. The Bertz CT molecular complexity index is 978. The zero-order valence-electron chi connectivity index (χ0n) is 16.3. The first kappa shape index (κ1) is 20.5. The Kier molecular flexibility index (Phi) is 6.48. The van der Waals surface area contributed by atoms with E-state index in [0.717, 1.165) is 12.2 Å². The normalized spacial score (nSPS) is 11.1. The van der Waals surface area contributed by atoms with Crippen molar-refractivity contribution in [2.24, 2.45) is 0 Å². The lowest BCUT2D eigenvalue weighted by Crippen LogP contribution is -2.37. The topological polar surface area (TPSA) is 25.2 Å². The minimum Gasteiger partial charge on any atom is -0.345 e. The molecule has 1 amide bonds. The van der Waals surface area contributed by atoms with Gasteiger partial charge < -0.3 is 9.47 Å². The monoisotopic (exact) mass is 414 g/mol. The molecule has 0 aliphatic heterocycles. The molecule has 0 spiro atoms. The predicted octanol–water partition coefficient (Wildman–Crippen LogP) is 6.20. The van der Waals surface area contributed by atoms with Crippen molar-refractivity contribution in [2.45, 2.75) is 39.9 Å². The van der Waals surface area contributed by atoms with Gasteiger partial charge in [0.15, 0.2) is 0 Å².